The van der Waals surface area contributed by atoms with E-state index in [2.05, 4.69) is 29.7 Å². The Labute approximate surface area is 77.9 Å². The minimum Gasteiger partial charge on any atom is -0.295 e. The molecular weight excluding hydrogens is 168 g/mol. The van der Waals surface area contributed by atoms with Crippen molar-refractivity contribution >= 4 is 11.8 Å². The molecule has 2 nitrogen and oxygen atoms in total. The van der Waals surface area contributed by atoms with E-state index in [1.165, 1.54) is 18.7 Å². The highest BCUT2D eigenvalue weighted by atomic mass is 32.2. The molecule has 0 aliphatic carbocycles. The topological polar surface area (TPSA) is 27.0 Å². The van der Waals surface area contributed by atoms with Gasteiger partial charge in [0.2, 0.25) is 0 Å². The van der Waals surface area contributed by atoms with Gasteiger partial charge in [0.15, 0.2) is 0 Å². The summed E-state index contributed by atoms with van der Waals surface area (Å²) >= 11 is 2.11. The van der Waals surface area contributed by atoms with E-state index in [-0.39, 0.29) is 0 Å². The van der Waals surface area contributed by atoms with Crippen LogP contribution in [0, 0.1) is 11.3 Å². The Bertz CT molecular complexity index is 211. The monoisotopic (exact) mass is 182 g/mol. The molecule has 2 fully saturated rings. The first kappa shape index (κ1) is 8.40. The molecule has 66 valence electrons. The maximum absolute atomic E-state index is 8.59. The summed E-state index contributed by atoms with van der Waals surface area (Å²) in [5, 5.41) is 9.46. The van der Waals surface area contributed by atoms with Gasteiger partial charge >= 0.3 is 0 Å². The van der Waals surface area contributed by atoms with Gasteiger partial charge in [0.25, 0.3) is 0 Å². The SMILES string of the molecule is CC(CC#N)N1CC2CC1CS2. The molecule has 0 saturated carbocycles. The molecule has 2 aliphatic heterocycles. The van der Waals surface area contributed by atoms with Crippen molar-refractivity contribution in [2.24, 2.45) is 0 Å². The zero-order valence-corrected chi connectivity index (χ0v) is 8.18. The predicted molar refractivity (Wildman–Crippen MR) is 51.0 cm³/mol. The quantitative estimate of drug-likeness (QED) is 0.647. The van der Waals surface area contributed by atoms with Gasteiger partial charge in [-0.1, -0.05) is 0 Å². The maximum Gasteiger partial charge on any atom is 0.0638 e. The van der Waals surface area contributed by atoms with Crippen LogP contribution in [0.3, 0.4) is 0 Å². The average molecular weight is 182 g/mol. The normalized spacial score (nSPS) is 36.7. The molecule has 0 aromatic rings. The first-order valence-corrected chi connectivity index (χ1v) is 5.60. The fourth-order valence-corrected chi connectivity index (χ4v) is 3.68. The highest BCUT2D eigenvalue weighted by molar-refractivity contribution is 8.00. The van der Waals surface area contributed by atoms with Crippen LogP contribution in [0.2, 0.25) is 0 Å². The Balaban J connectivity index is 1.94. The molecular formula is C9H14N2S. The van der Waals surface area contributed by atoms with Crippen molar-refractivity contribution in [2.45, 2.75) is 37.1 Å². The summed E-state index contributed by atoms with van der Waals surface area (Å²) in [5.74, 6) is 1.29. The molecule has 0 spiro atoms. The average Bonchev–Trinajstić information content (AvgIpc) is 2.64. The minimum atomic E-state index is 0.478. The summed E-state index contributed by atoms with van der Waals surface area (Å²) < 4.78 is 0. The van der Waals surface area contributed by atoms with Crippen molar-refractivity contribution in [2.75, 3.05) is 12.3 Å². The lowest BCUT2D eigenvalue weighted by Gasteiger charge is -2.30. The molecule has 2 rings (SSSR count). The number of likely N-dealkylation sites (tertiary alicyclic amines) is 1. The van der Waals surface area contributed by atoms with E-state index in [0.717, 1.165) is 11.3 Å². The summed E-state index contributed by atoms with van der Waals surface area (Å²) in [5.41, 5.74) is 0. The zero-order valence-electron chi connectivity index (χ0n) is 7.36. The van der Waals surface area contributed by atoms with Gasteiger partial charge in [-0.05, 0) is 13.3 Å². The molecule has 2 aliphatic rings. The van der Waals surface area contributed by atoms with Crippen LogP contribution in [0.5, 0.6) is 0 Å². The van der Waals surface area contributed by atoms with E-state index < -0.39 is 0 Å². The van der Waals surface area contributed by atoms with Crippen LogP contribution in [-0.2, 0) is 0 Å². The van der Waals surface area contributed by atoms with Crippen molar-refractivity contribution in [3.63, 3.8) is 0 Å². The summed E-state index contributed by atoms with van der Waals surface area (Å²) in [4.78, 5) is 2.52. The first-order valence-electron chi connectivity index (χ1n) is 4.55. The Morgan fingerprint density at radius 2 is 2.58 bits per heavy atom. The van der Waals surface area contributed by atoms with Gasteiger partial charge in [-0.2, -0.15) is 17.0 Å². The van der Waals surface area contributed by atoms with E-state index in [9.17, 15) is 0 Å². The largest absolute Gasteiger partial charge is 0.295 e. The van der Waals surface area contributed by atoms with Crippen LogP contribution in [0.25, 0.3) is 0 Å². The number of nitriles is 1. The summed E-state index contributed by atoms with van der Waals surface area (Å²) in [7, 11) is 0. The molecule has 0 amide bonds. The van der Waals surface area contributed by atoms with E-state index in [4.69, 9.17) is 5.26 Å². The van der Waals surface area contributed by atoms with Crippen LogP contribution in [0.15, 0.2) is 0 Å². The molecule has 2 saturated heterocycles. The second-order valence-corrected chi connectivity index (χ2v) is 5.09. The molecule has 2 heterocycles. The number of nitrogens with zero attached hydrogens (tertiary/aromatic N) is 2. The number of rotatable bonds is 2. The molecule has 0 aromatic carbocycles. The third kappa shape index (κ3) is 1.34. The van der Waals surface area contributed by atoms with Gasteiger partial charge in [0, 0.05) is 29.6 Å². The third-order valence-corrected chi connectivity index (χ3v) is 4.29. The molecule has 2 bridgehead atoms. The van der Waals surface area contributed by atoms with Gasteiger partial charge in [-0.3, -0.25) is 4.90 Å². The minimum absolute atomic E-state index is 0.478. The molecule has 3 heteroatoms. The first-order chi connectivity index (χ1) is 5.81. The number of thioether (sulfide) groups is 1. The van der Waals surface area contributed by atoms with Crippen LogP contribution in [-0.4, -0.2) is 34.5 Å². The number of hydrogen-bond acceptors (Lipinski definition) is 3. The highest BCUT2D eigenvalue weighted by Gasteiger charge is 2.40. The van der Waals surface area contributed by atoms with Crippen LogP contribution >= 0.6 is 11.8 Å². The lowest BCUT2D eigenvalue weighted by molar-refractivity contribution is 0.205. The Kier molecular flexibility index (Phi) is 2.29. The fourth-order valence-electron chi connectivity index (χ4n) is 2.22. The zero-order chi connectivity index (χ0) is 8.55. The number of fused-ring (bicyclic) bond motifs is 2. The molecule has 12 heavy (non-hydrogen) atoms. The number of hydrogen-bond donors (Lipinski definition) is 0. The smallest absolute Gasteiger partial charge is 0.0638 e. The van der Waals surface area contributed by atoms with Crippen LogP contribution in [0.4, 0.5) is 0 Å². The standard InChI is InChI=1S/C9H14N2S/c1-7(2-3-10)11-5-9-4-8(11)6-12-9/h7-9H,2,4-6H2,1H3. The summed E-state index contributed by atoms with van der Waals surface area (Å²) in [6, 6.07) is 3.51. The molecule has 0 radical (unpaired) electrons. The van der Waals surface area contributed by atoms with E-state index >= 15 is 0 Å². The second kappa shape index (κ2) is 3.27. The van der Waals surface area contributed by atoms with Gasteiger partial charge in [0.1, 0.15) is 0 Å². The van der Waals surface area contributed by atoms with Crippen LogP contribution in [0.1, 0.15) is 19.8 Å². The van der Waals surface area contributed by atoms with Crippen molar-refractivity contribution in [1.29, 1.82) is 5.26 Å². The van der Waals surface area contributed by atoms with E-state index in [0.29, 0.717) is 12.5 Å². The van der Waals surface area contributed by atoms with Crippen molar-refractivity contribution in [3.05, 3.63) is 0 Å². The Morgan fingerprint density at radius 1 is 1.75 bits per heavy atom. The molecule has 0 aromatic heterocycles. The summed E-state index contributed by atoms with van der Waals surface area (Å²) in [6.45, 7) is 3.40. The van der Waals surface area contributed by atoms with Gasteiger partial charge < -0.3 is 0 Å². The van der Waals surface area contributed by atoms with E-state index in [1.807, 2.05) is 0 Å². The Hall–Kier alpha value is -0.200. The van der Waals surface area contributed by atoms with Gasteiger partial charge in [-0.15, -0.1) is 0 Å². The summed E-state index contributed by atoms with van der Waals surface area (Å²) in [6.07, 6.45) is 2.05. The predicted octanol–water partition coefficient (Wildman–Crippen LogP) is 1.48. The molecule has 0 N–H and O–H groups in total. The second-order valence-electron chi connectivity index (χ2n) is 3.75. The van der Waals surface area contributed by atoms with Crippen molar-refractivity contribution in [3.8, 4) is 6.07 Å². The molecule has 3 unspecified atom stereocenters. The highest BCUT2D eigenvalue weighted by Crippen LogP contribution is 2.38. The fraction of sp³-hybridized carbons (Fsp3) is 0.889. The van der Waals surface area contributed by atoms with Crippen molar-refractivity contribution < 1.29 is 0 Å². The van der Waals surface area contributed by atoms with Gasteiger partial charge in [-0.25, -0.2) is 0 Å². The molecule has 3 atom stereocenters. The maximum atomic E-state index is 8.59. The van der Waals surface area contributed by atoms with Crippen LogP contribution < -0.4 is 0 Å². The van der Waals surface area contributed by atoms with Gasteiger partial charge in [0.05, 0.1) is 12.5 Å². The lowest BCUT2D eigenvalue weighted by atomic mass is 10.2. The third-order valence-electron chi connectivity index (χ3n) is 2.90. The van der Waals surface area contributed by atoms with E-state index in [1.54, 1.807) is 0 Å². The van der Waals surface area contributed by atoms with Crippen molar-refractivity contribution in [1.82, 2.24) is 4.90 Å². The Morgan fingerprint density at radius 3 is 3.08 bits per heavy atom. The lowest BCUT2D eigenvalue weighted by Crippen LogP contribution is -2.40.